The van der Waals surface area contributed by atoms with Crippen LogP contribution in [0.15, 0.2) is 9.85 Å². The van der Waals surface area contributed by atoms with Crippen molar-refractivity contribution in [3.05, 3.63) is 14.7 Å². The van der Waals surface area contributed by atoms with Gasteiger partial charge < -0.3 is 19.9 Å². The number of carbonyl (C=O) groups is 2. The number of carboxylic acid groups (broad SMARTS) is 1. The summed E-state index contributed by atoms with van der Waals surface area (Å²) in [5, 5.41) is 11.8. The van der Waals surface area contributed by atoms with Crippen molar-refractivity contribution >= 4 is 39.1 Å². The summed E-state index contributed by atoms with van der Waals surface area (Å²) in [6.45, 7) is 0.307. The lowest BCUT2D eigenvalue weighted by molar-refractivity contribution is -0.144. The molecule has 1 unspecified atom stereocenters. The van der Waals surface area contributed by atoms with Crippen molar-refractivity contribution < 1.29 is 24.2 Å². The predicted molar refractivity (Wildman–Crippen MR) is 71.8 cm³/mol. The summed E-state index contributed by atoms with van der Waals surface area (Å²) in [7, 11) is 1.50. The van der Waals surface area contributed by atoms with E-state index < -0.39 is 17.4 Å². The molecular formula is C11H12BrNO5S. The SMILES string of the molecule is COc1cc(C(=O)NC2(C(=O)O)CCOC2)sc1Br. The molecule has 6 nitrogen and oxygen atoms in total. The molecule has 0 radical (unpaired) electrons. The number of nitrogens with one attached hydrogen (secondary N) is 1. The molecule has 1 fully saturated rings. The topological polar surface area (TPSA) is 84.9 Å². The summed E-state index contributed by atoms with van der Waals surface area (Å²) in [6.07, 6.45) is 0.262. The van der Waals surface area contributed by atoms with Crippen molar-refractivity contribution in [1.82, 2.24) is 5.32 Å². The summed E-state index contributed by atoms with van der Waals surface area (Å²) >= 11 is 4.46. The highest BCUT2D eigenvalue weighted by Gasteiger charge is 2.44. The fourth-order valence-corrected chi connectivity index (χ4v) is 3.31. The lowest BCUT2D eigenvalue weighted by atomic mass is 9.99. The second kappa shape index (κ2) is 5.48. The Hall–Kier alpha value is -1.12. The van der Waals surface area contributed by atoms with Crippen LogP contribution >= 0.6 is 27.3 Å². The second-order valence-corrected chi connectivity index (χ2v) is 6.47. The largest absolute Gasteiger partial charge is 0.495 e. The molecule has 1 aliphatic heterocycles. The lowest BCUT2D eigenvalue weighted by Gasteiger charge is -2.23. The Balaban J connectivity index is 2.17. The molecule has 0 aliphatic carbocycles. The summed E-state index contributed by atoms with van der Waals surface area (Å²) in [4.78, 5) is 23.8. The zero-order chi connectivity index (χ0) is 14.0. The highest BCUT2D eigenvalue weighted by molar-refractivity contribution is 9.11. The number of aliphatic carboxylic acids is 1. The number of amides is 1. The average molecular weight is 350 g/mol. The second-order valence-electron chi connectivity index (χ2n) is 4.10. The summed E-state index contributed by atoms with van der Waals surface area (Å²) < 4.78 is 10.8. The van der Waals surface area contributed by atoms with Crippen LogP contribution in [-0.4, -0.2) is 42.8 Å². The molecule has 2 heterocycles. The number of carboxylic acids is 1. The first-order chi connectivity index (χ1) is 8.98. The van der Waals surface area contributed by atoms with Crippen molar-refractivity contribution in [3.63, 3.8) is 0 Å². The van der Waals surface area contributed by atoms with Gasteiger partial charge in [0.1, 0.15) is 9.54 Å². The Morgan fingerprint density at radius 2 is 2.37 bits per heavy atom. The minimum absolute atomic E-state index is 0.0161. The maximum absolute atomic E-state index is 12.1. The van der Waals surface area contributed by atoms with Gasteiger partial charge in [-0.2, -0.15) is 0 Å². The predicted octanol–water partition coefficient (Wildman–Crippen LogP) is 1.49. The zero-order valence-corrected chi connectivity index (χ0v) is 12.5. The van der Waals surface area contributed by atoms with Crippen LogP contribution in [0.3, 0.4) is 0 Å². The highest BCUT2D eigenvalue weighted by Crippen LogP contribution is 2.34. The van der Waals surface area contributed by atoms with Gasteiger partial charge in [-0.3, -0.25) is 4.79 Å². The van der Waals surface area contributed by atoms with Gasteiger partial charge in [-0.25, -0.2) is 4.79 Å². The smallest absolute Gasteiger partial charge is 0.331 e. The zero-order valence-electron chi connectivity index (χ0n) is 10.1. The summed E-state index contributed by atoms with van der Waals surface area (Å²) in [6, 6.07) is 1.56. The van der Waals surface area contributed by atoms with E-state index >= 15 is 0 Å². The lowest BCUT2D eigenvalue weighted by Crippen LogP contribution is -2.55. The molecule has 0 aromatic carbocycles. The molecule has 1 saturated heterocycles. The van der Waals surface area contributed by atoms with E-state index in [1.165, 1.54) is 18.4 Å². The highest BCUT2D eigenvalue weighted by atomic mass is 79.9. The minimum atomic E-state index is -1.33. The van der Waals surface area contributed by atoms with Gasteiger partial charge in [0, 0.05) is 19.1 Å². The Bertz CT molecular complexity index is 509. The fraction of sp³-hybridized carbons (Fsp3) is 0.455. The number of rotatable bonds is 4. The summed E-state index contributed by atoms with van der Waals surface area (Å²) in [5.74, 6) is -0.981. The molecule has 0 bridgehead atoms. The van der Waals surface area contributed by atoms with Crippen LogP contribution < -0.4 is 10.1 Å². The van der Waals surface area contributed by atoms with E-state index in [2.05, 4.69) is 21.2 Å². The van der Waals surface area contributed by atoms with Gasteiger partial charge in [0.25, 0.3) is 5.91 Å². The average Bonchev–Trinajstić information content (AvgIpc) is 2.96. The van der Waals surface area contributed by atoms with Crippen LogP contribution in [0, 0.1) is 0 Å². The molecule has 104 valence electrons. The number of ether oxygens (including phenoxy) is 2. The van der Waals surface area contributed by atoms with Crippen molar-refractivity contribution in [2.24, 2.45) is 0 Å². The molecule has 1 aliphatic rings. The van der Waals surface area contributed by atoms with Crippen LogP contribution in [0.5, 0.6) is 5.75 Å². The quantitative estimate of drug-likeness (QED) is 0.860. The minimum Gasteiger partial charge on any atom is -0.495 e. The maximum Gasteiger partial charge on any atom is 0.331 e. The third-order valence-corrected chi connectivity index (χ3v) is 4.66. The third kappa shape index (κ3) is 2.75. The third-order valence-electron chi connectivity index (χ3n) is 2.88. The molecule has 19 heavy (non-hydrogen) atoms. The molecule has 8 heteroatoms. The Labute approximate surface area is 121 Å². The van der Waals surface area contributed by atoms with Crippen molar-refractivity contribution in [1.29, 1.82) is 0 Å². The molecule has 0 saturated carbocycles. The van der Waals surface area contributed by atoms with E-state index in [1.807, 2.05) is 0 Å². The van der Waals surface area contributed by atoms with Crippen LogP contribution in [-0.2, 0) is 9.53 Å². The van der Waals surface area contributed by atoms with E-state index in [0.717, 1.165) is 0 Å². The van der Waals surface area contributed by atoms with E-state index in [-0.39, 0.29) is 13.0 Å². The van der Waals surface area contributed by atoms with Gasteiger partial charge in [-0.1, -0.05) is 0 Å². The van der Waals surface area contributed by atoms with Gasteiger partial charge >= 0.3 is 5.97 Å². The first kappa shape index (κ1) is 14.3. The van der Waals surface area contributed by atoms with Gasteiger partial charge in [-0.05, 0) is 15.9 Å². The maximum atomic E-state index is 12.1. The van der Waals surface area contributed by atoms with E-state index in [9.17, 15) is 14.7 Å². The van der Waals surface area contributed by atoms with Gasteiger partial charge in [0.15, 0.2) is 5.54 Å². The monoisotopic (exact) mass is 349 g/mol. The number of methoxy groups -OCH3 is 1. The van der Waals surface area contributed by atoms with Crippen LogP contribution in [0.1, 0.15) is 16.1 Å². The van der Waals surface area contributed by atoms with Gasteiger partial charge in [0.05, 0.1) is 18.6 Å². The molecule has 1 atom stereocenters. The number of thiophene rings is 1. The van der Waals surface area contributed by atoms with E-state index in [4.69, 9.17) is 9.47 Å². The number of hydrogen-bond donors (Lipinski definition) is 2. The molecule has 1 aromatic rings. The molecule has 2 rings (SSSR count). The first-order valence-corrected chi connectivity index (χ1v) is 7.06. The van der Waals surface area contributed by atoms with E-state index in [0.29, 0.717) is 21.0 Å². The number of halogens is 1. The van der Waals surface area contributed by atoms with E-state index in [1.54, 1.807) is 6.07 Å². The standard InChI is InChI=1S/C11H12BrNO5S/c1-17-6-4-7(19-8(6)12)9(14)13-11(10(15)16)2-3-18-5-11/h4H,2-3,5H2,1H3,(H,13,14)(H,15,16). The van der Waals surface area contributed by atoms with Crippen molar-refractivity contribution in [2.75, 3.05) is 20.3 Å². The summed E-state index contributed by atoms with van der Waals surface area (Å²) in [5.41, 5.74) is -1.33. The number of hydrogen-bond acceptors (Lipinski definition) is 5. The first-order valence-electron chi connectivity index (χ1n) is 5.45. The number of carbonyl (C=O) groups excluding carboxylic acids is 1. The molecular weight excluding hydrogens is 338 g/mol. The fourth-order valence-electron chi connectivity index (χ4n) is 1.77. The molecule has 0 spiro atoms. The van der Waals surface area contributed by atoms with Crippen LogP contribution in [0.25, 0.3) is 0 Å². The molecule has 1 aromatic heterocycles. The van der Waals surface area contributed by atoms with Crippen LogP contribution in [0.4, 0.5) is 0 Å². The Kier molecular flexibility index (Phi) is 4.12. The van der Waals surface area contributed by atoms with Crippen molar-refractivity contribution in [2.45, 2.75) is 12.0 Å². The molecule has 2 N–H and O–H groups in total. The molecule has 1 amide bonds. The van der Waals surface area contributed by atoms with Gasteiger partial charge in [-0.15, -0.1) is 11.3 Å². The van der Waals surface area contributed by atoms with Crippen LogP contribution in [0.2, 0.25) is 0 Å². The van der Waals surface area contributed by atoms with Gasteiger partial charge in [0.2, 0.25) is 0 Å². The Morgan fingerprint density at radius 3 is 2.84 bits per heavy atom. The van der Waals surface area contributed by atoms with Crippen molar-refractivity contribution in [3.8, 4) is 5.75 Å². The Morgan fingerprint density at radius 1 is 1.63 bits per heavy atom. The normalized spacial score (nSPS) is 22.2.